The molecule has 0 saturated carbocycles. The zero-order valence-corrected chi connectivity index (χ0v) is 12.1. The van der Waals surface area contributed by atoms with Gasteiger partial charge in [-0.3, -0.25) is 4.79 Å². The molecule has 1 aliphatic rings. The Morgan fingerprint density at radius 3 is 2.79 bits per heavy atom. The van der Waals surface area contributed by atoms with Gasteiger partial charge in [0.25, 0.3) is 0 Å². The minimum Gasteiger partial charge on any atom is -0.466 e. The van der Waals surface area contributed by atoms with E-state index < -0.39 is 8.60 Å². The third kappa shape index (κ3) is 8.89. The lowest BCUT2D eigenvalue weighted by Gasteiger charge is -2.12. The van der Waals surface area contributed by atoms with Gasteiger partial charge in [-0.25, -0.2) is 0 Å². The highest BCUT2D eigenvalue weighted by atomic mass is 31.2. The number of esters is 1. The Bertz CT molecular complexity index is 327. The van der Waals surface area contributed by atoms with Crippen molar-refractivity contribution in [1.29, 1.82) is 0 Å². The number of ether oxygens (including phenoxy) is 1. The molecule has 0 bridgehead atoms. The monoisotopic (exact) mass is 288 g/mol. The summed E-state index contributed by atoms with van der Waals surface area (Å²) in [5.74, 6) is -0.275. The highest BCUT2D eigenvalue weighted by Gasteiger charge is 2.08. The summed E-state index contributed by atoms with van der Waals surface area (Å²) in [5.41, 5.74) is 1.08. The van der Waals surface area contributed by atoms with Gasteiger partial charge in [0.2, 0.25) is 0 Å². The average Bonchev–Trinajstić information content (AvgIpc) is 2.41. The Labute approximate surface area is 115 Å². The molecule has 1 rings (SSSR count). The third-order valence-electron chi connectivity index (χ3n) is 2.46. The Morgan fingerprint density at radius 1 is 1.32 bits per heavy atom. The van der Waals surface area contributed by atoms with Crippen LogP contribution in [0.1, 0.15) is 32.6 Å². The van der Waals surface area contributed by atoms with E-state index in [-0.39, 0.29) is 5.97 Å². The first-order valence-electron chi connectivity index (χ1n) is 6.42. The van der Waals surface area contributed by atoms with E-state index in [1.807, 2.05) is 6.08 Å². The molecule has 1 aliphatic carbocycles. The predicted octanol–water partition coefficient (Wildman–Crippen LogP) is 2.86. The zero-order valence-electron chi connectivity index (χ0n) is 11.2. The van der Waals surface area contributed by atoms with E-state index in [0.29, 0.717) is 19.8 Å². The van der Waals surface area contributed by atoms with E-state index in [4.69, 9.17) is 13.8 Å². The van der Waals surface area contributed by atoms with Crippen molar-refractivity contribution in [2.45, 2.75) is 32.6 Å². The highest BCUT2D eigenvalue weighted by molar-refractivity contribution is 7.40. The number of carbonyl (C=O) groups excluding carboxylic acids is 1. The van der Waals surface area contributed by atoms with E-state index in [1.165, 1.54) is 6.92 Å². The molecule has 0 fully saturated rings. The molecule has 1 N–H and O–H groups in total. The van der Waals surface area contributed by atoms with E-state index in [9.17, 15) is 9.69 Å². The maximum atomic E-state index is 10.5. The lowest BCUT2D eigenvalue weighted by Crippen LogP contribution is -2.02. The number of allylic oxidation sites excluding steroid dienone is 2. The third-order valence-corrected chi connectivity index (χ3v) is 3.21. The van der Waals surface area contributed by atoms with Crippen LogP contribution in [-0.4, -0.2) is 30.7 Å². The first-order chi connectivity index (χ1) is 9.18. The van der Waals surface area contributed by atoms with Crippen LogP contribution in [0, 0.1) is 0 Å². The van der Waals surface area contributed by atoms with E-state index >= 15 is 0 Å². The van der Waals surface area contributed by atoms with Crippen molar-refractivity contribution in [3.05, 3.63) is 23.8 Å². The molecule has 19 heavy (non-hydrogen) atoms. The van der Waals surface area contributed by atoms with Gasteiger partial charge in [0, 0.05) is 6.92 Å². The maximum absolute atomic E-state index is 10.5. The van der Waals surface area contributed by atoms with Crippen molar-refractivity contribution in [2.75, 3.05) is 19.8 Å². The van der Waals surface area contributed by atoms with Crippen LogP contribution in [0.4, 0.5) is 0 Å². The minimum absolute atomic E-state index is 0.275. The molecule has 0 aromatic heterocycles. The summed E-state index contributed by atoms with van der Waals surface area (Å²) in [6.45, 7) is 2.55. The van der Waals surface area contributed by atoms with Crippen LogP contribution in [0.5, 0.6) is 0 Å². The number of hydrogen-bond donors (Lipinski definition) is 1. The lowest BCUT2D eigenvalue weighted by molar-refractivity contribution is -0.141. The molecule has 0 radical (unpaired) electrons. The first-order valence-corrected chi connectivity index (χ1v) is 7.55. The molecule has 0 aliphatic heterocycles. The highest BCUT2D eigenvalue weighted by Crippen LogP contribution is 2.33. The smallest absolute Gasteiger partial charge is 0.330 e. The second-order valence-corrected chi connectivity index (χ2v) is 5.14. The lowest BCUT2D eigenvalue weighted by atomic mass is 10.1. The molecule has 0 heterocycles. The van der Waals surface area contributed by atoms with Gasteiger partial charge in [0.05, 0.1) is 19.8 Å². The number of unbranched alkanes of at least 4 members (excludes halogenated alkanes) is 1. The fraction of sp³-hybridized carbons (Fsp3) is 0.615. The second kappa shape index (κ2) is 10.1. The van der Waals surface area contributed by atoms with Gasteiger partial charge in [-0.1, -0.05) is 18.2 Å². The molecule has 5 nitrogen and oxygen atoms in total. The van der Waals surface area contributed by atoms with Crippen molar-refractivity contribution in [2.24, 2.45) is 0 Å². The molecule has 108 valence electrons. The van der Waals surface area contributed by atoms with Gasteiger partial charge < -0.3 is 18.7 Å². The summed E-state index contributed by atoms with van der Waals surface area (Å²) in [5, 5.41) is 0. The topological polar surface area (TPSA) is 65.0 Å². The molecule has 0 aromatic carbocycles. The van der Waals surface area contributed by atoms with Gasteiger partial charge in [-0.2, -0.15) is 0 Å². The standard InChI is InChI=1S/C13H21O5P/c1-12(14)16-9-5-6-10-17-19(15)18-11-13-7-3-2-4-8-13/h3,7-8,15H,2,4-6,9-11H2,1H3. The number of carbonyl (C=O) groups is 1. The van der Waals surface area contributed by atoms with Crippen molar-refractivity contribution in [3.8, 4) is 0 Å². The van der Waals surface area contributed by atoms with Crippen molar-refractivity contribution >= 4 is 14.6 Å². The Hall–Kier alpha value is -0.740. The van der Waals surface area contributed by atoms with Crippen molar-refractivity contribution < 1.29 is 23.5 Å². The summed E-state index contributed by atoms with van der Waals surface area (Å²) >= 11 is 0. The summed E-state index contributed by atoms with van der Waals surface area (Å²) < 4.78 is 15.1. The van der Waals surface area contributed by atoms with E-state index in [0.717, 1.165) is 31.3 Å². The Kier molecular flexibility index (Phi) is 8.67. The van der Waals surface area contributed by atoms with Crippen LogP contribution in [0.3, 0.4) is 0 Å². The van der Waals surface area contributed by atoms with Crippen LogP contribution >= 0.6 is 8.60 Å². The van der Waals surface area contributed by atoms with Gasteiger partial charge in [-0.15, -0.1) is 0 Å². The first kappa shape index (κ1) is 16.3. The second-order valence-electron chi connectivity index (χ2n) is 4.15. The predicted molar refractivity (Wildman–Crippen MR) is 73.4 cm³/mol. The average molecular weight is 288 g/mol. The van der Waals surface area contributed by atoms with Gasteiger partial charge >= 0.3 is 14.6 Å². The number of hydrogen-bond acceptors (Lipinski definition) is 5. The SMILES string of the molecule is CC(=O)OCCCCOP(O)OCC1=CCCC=C1. The van der Waals surface area contributed by atoms with Gasteiger partial charge in [0.1, 0.15) is 0 Å². The largest absolute Gasteiger partial charge is 0.466 e. The molecule has 0 aromatic rings. The summed E-state index contributed by atoms with van der Waals surface area (Å²) in [6.07, 6.45) is 9.73. The Balaban J connectivity index is 1.96. The van der Waals surface area contributed by atoms with Crippen LogP contribution in [0.25, 0.3) is 0 Å². The van der Waals surface area contributed by atoms with Gasteiger partial charge in [0.15, 0.2) is 0 Å². The molecule has 0 amide bonds. The fourth-order valence-electron chi connectivity index (χ4n) is 1.50. The molecule has 1 unspecified atom stereocenters. The molecular weight excluding hydrogens is 267 g/mol. The summed E-state index contributed by atoms with van der Waals surface area (Å²) in [7, 11) is -1.82. The fourth-order valence-corrected chi connectivity index (χ4v) is 2.12. The van der Waals surface area contributed by atoms with Crippen LogP contribution in [0.2, 0.25) is 0 Å². The van der Waals surface area contributed by atoms with Gasteiger partial charge in [-0.05, 0) is 31.3 Å². The molecule has 0 spiro atoms. The minimum atomic E-state index is -1.82. The van der Waals surface area contributed by atoms with E-state index in [1.54, 1.807) is 0 Å². The molecule has 0 saturated heterocycles. The summed E-state index contributed by atoms with van der Waals surface area (Å²) in [4.78, 5) is 20.0. The normalized spacial score (nSPS) is 16.0. The zero-order chi connectivity index (χ0) is 13.9. The van der Waals surface area contributed by atoms with E-state index in [2.05, 4.69) is 12.2 Å². The molecule has 1 atom stereocenters. The molecule has 6 heteroatoms. The number of rotatable bonds is 9. The quantitative estimate of drug-likeness (QED) is 0.401. The summed E-state index contributed by atoms with van der Waals surface area (Å²) in [6, 6.07) is 0. The molecular formula is C13H21O5P. The van der Waals surface area contributed by atoms with Crippen LogP contribution in [-0.2, 0) is 18.6 Å². The van der Waals surface area contributed by atoms with Crippen molar-refractivity contribution in [3.63, 3.8) is 0 Å². The van der Waals surface area contributed by atoms with Crippen LogP contribution in [0.15, 0.2) is 23.8 Å². The Morgan fingerprint density at radius 2 is 2.11 bits per heavy atom. The van der Waals surface area contributed by atoms with Crippen molar-refractivity contribution in [1.82, 2.24) is 0 Å². The maximum Gasteiger partial charge on any atom is 0.330 e. The van der Waals surface area contributed by atoms with Crippen LogP contribution < -0.4 is 0 Å².